The van der Waals surface area contributed by atoms with Crippen LogP contribution < -0.4 is 0 Å². The number of nitrogens with zero attached hydrogens (tertiary/aromatic N) is 4. The molecule has 0 N–H and O–H groups in total. The van der Waals surface area contributed by atoms with Gasteiger partial charge in [0.15, 0.2) is 10.7 Å². The molecule has 1 rings (SSSR count). The molecule has 0 aliphatic carbocycles. The second-order valence-corrected chi connectivity index (χ2v) is 7.14. The van der Waals surface area contributed by atoms with Gasteiger partial charge in [-0.3, -0.25) is 4.90 Å². The monoisotopic (exact) mass is 276 g/mol. The van der Waals surface area contributed by atoms with Gasteiger partial charge >= 0.3 is 0 Å². The summed E-state index contributed by atoms with van der Waals surface area (Å²) in [7, 11) is 14.1. The summed E-state index contributed by atoms with van der Waals surface area (Å²) < 4.78 is 0. The van der Waals surface area contributed by atoms with E-state index in [9.17, 15) is 0 Å². The lowest BCUT2D eigenvalue weighted by Gasteiger charge is -2.28. The van der Waals surface area contributed by atoms with Crippen LogP contribution in [0.3, 0.4) is 0 Å². The second kappa shape index (κ2) is 6.87. The van der Waals surface area contributed by atoms with Gasteiger partial charge in [0, 0.05) is 20.1 Å². The smallest absolute Gasteiger partial charge is 0.172 e. The van der Waals surface area contributed by atoms with Crippen molar-refractivity contribution in [3.05, 3.63) is 0 Å². The van der Waals surface area contributed by atoms with Gasteiger partial charge < -0.3 is 9.80 Å². The SMILES string of the molecule is CC(CCN(C)C)N(C)C1N=C(N(C)C)SS1. The van der Waals surface area contributed by atoms with E-state index in [1.807, 2.05) is 24.9 Å². The first-order chi connectivity index (χ1) is 7.91. The number of hydrogen-bond acceptors (Lipinski definition) is 6. The summed E-state index contributed by atoms with van der Waals surface area (Å²) in [5.74, 6) is 0. The zero-order chi connectivity index (χ0) is 13.0. The Balaban J connectivity index is 2.45. The van der Waals surface area contributed by atoms with Crippen LogP contribution in [0.4, 0.5) is 0 Å². The van der Waals surface area contributed by atoms with Crippen LogP contribution in [0.5, 0.6) is 0 Å². The molecular formula is C11H24N4S2. The maximum absolute atomic E-state index is 4.72. The highest BCUT2D eigenvalue weighted by atomic mass is 33.1. The van der Waals surface area contributed by atoms with Crippen LogP contribution in [0.1, 0.15) is 13.3 Å². The molecule has 0 fully saturated rings. The fraction of sp³-hybridized carbons (Fsp3) is 0.909. The van der Waals surface area contributed by atoms with Crippen LogP contribution >= 0.6 is 21.6 Å². The third kappa shape index (κ3) is 4.69. The van der Waals surface area contributed by atoms with E-state index in [1.54, 1.807) is 10.8 Å². The van der Waals surface area contributed by atoms with Gasteiger partial charge in [-0.05, 0) is 62.6 Å². The fourth-order valence-corrected chi connectivity index (χ4v) is 4.09. The van der Waals surface area contributed by atoms with Gasteiger partial charge in [-0.1, -0.05) is 0 Å². The van der Waals surface area contributed by atoms with Crippen molar-refractivity contribution in [2.24, 2.45) is 4.99 Å². The van der Waals surface area contributed by atoms with E-state index in [4.69, 9.17) is 4.99 Å². The Morgan fingerprint density at radius 1 is 1.24 bits per heavy atom. The predicted molar refractivity (Wildman–Crippen MR) is 80.5 cm³/mol. The van der Waals surface area contributed by atoms with E-state index >= 15 is 0 Å². The molecule has 1 aliphatic heterocycles. The van der Waals surface area contributed by atoms with Crippen molar-refractivity contribution in [3.8, 4) is 0 Å². The molecule has 0 aromatic rings. The normalized spacial score (nSPS) is 22.1. The van der Waals surface area contributed by atoms with E-state index in [2.05, 4.69) is 42.8 Å². The summed E-state index contributed by atoms with van der Waals surface area (Å²) in [6.07, 6.45) is 1.18. The van der Waals surface area contributed by atoms with Crippen LogP contribution in [0.2, 0.25) is 0 Å². The van der Waals surface area contributed by atoms with Gasteiger partial charge in [0.05, 0.1) is 0 Å². The first-order valence-corrected chi connectivity index (χ1v) is 8.08. The van der Waals surface area contributed by atoms with E-state index in [0.29, 0.717) is 6.04 Å². The zero-order valence-corrected chi connectivity index (χ0v) is 13.3. The number of aliphatic imine (C=N–C) groups is 1. The van der Waals surface area contributed by atoms with Crippen molar-refractivity contribution in [1.29, 1.82) is 0 Å². The Hall–Kier alpha value is 0.0900. The minimum Gasteiger partial charge on any atom is -0.357 e. The predicted octanol–water partition coefficient (Wildman–Crippen LogP) is 1.85. The van der Waals surface area contributed by atoms with Crippen molar-refractivity contribution < 1.29 is 0 Å². The Morgan fingerprint density at radius 2 is 1.88 bits per heavy atom. The summed E-state index contributed by atoms with van der Waals surface area (Å²) in [4.78, 5) is 11.4. The fourth-order valence-electron chi connectivity index (χ4n) is 1.44. The zero-order valence-electron chi connectivity index (χ0n) is 11.7. The van der Waals surface area contributed by atoms with Gasteiger partial charge in [0.2, 0.25) is 0 Å². The topological polar surface area (TPSA) is 22.1 Å². The highest BCUT2D eigenvalue weighted by molar-refractivity contribution is 8.82. The molecule has 0 radical (unpaired) electrons. The molecule has 0 saturated heterocycles. The quantitative estimate of drug-likeness (QED) is 0.713. The molecule has 2 atom stereocenters. The van der Waals surface area contributed by atoms with Crippen molar-refractivity contribution in [3.63, 3.8) is 0 Å². The van der Waals surface area contributed by atoms with Crippen molar-refractivity contribution in [1.82, 2.24) is 14.7 Å². The largest absolute Gasteiger partial charge is 0.357 e. The summed E-state index contributed by atoms with van der Waals surface area (Å²) >= 11 is 0. The third-order valence-corrected chi connectivity index (χ3v) is 5.43. The van der Waals surface area contributed by atoms with Crippen LogP contribution in [0, 0.1) is 0 Å². The van der Waals surface area contributed by atoms with E-state index in [1.165, 1.54) is 6.42 Å². The highest BCUT2D eigenvalue weighted by Crippen LogP contribution is 2.38. The summed E-state index contributed by atoms with van der Waals surface area (Å²) in [5.41, 5.74) is 0.259. The van der Waals surface area contributed by atoms with E-state index in [-0.39, 0.29) is 5.50 Å². The van der Waals surface area contributed by atoms with Crippen LogP contribution in [0.15, 0.2) is 4.99 Å². The summed E-state index contributed by atoms with van der Waals surface area (Å²) in [6, 6.07) is 0.556. The second-order valence-electron chi connectivity index (χ2n) is 4.92. The molecule has 1 heterocycles. The molecular weight excluding hydrogens is 252 g/mol. The van der Waals surface area contributed by atoms with Gasteiger partial charge in [-0.25, -0.2) is 4.99 Å². The number of amidine groups is 1. The molecule has 17 heavy (non-hydrogen) atoms. The lowest BCUT2D eigenvalue weighted by molar-refractivity contribution is 0.218. The van der Waals surface area contributed by atoms with Crippen molar-refractivity contribution in [2.45, 2.75) is 24.9 Å². The van der Waals surface area contributed by atoms with Gasteiger partial charge in [-0.2, -0.15) is 0 Å². The average molecular weight is 276 g/mol. The summed E-state index contributed by atoms with van der Waals surface area (Å²) in [5, 5.41) is 1.12. The molecule has 6 heteroatoms. The lowest BCUT2D eigenvalue weighted by Crippen LogP contribution is -2.36. The Morgan fingerprint density at radius 3 is 2.35 bits per heavy atom. The third-order valence-electron chi connectivity index (χ3n) is 2.85. The molecule has 0 aromatic carbocycles. The van der Waals surface area contributed by atoms with Crippen LogP contribution in [-0.4, -0.2) is 73.2 Å². The number of hydrogen-bond donors (Lipinski definition) is 0. The van der Waals surface area contributed by atoms with Gasteiger partial charge in [0.1, 0.15) is 0 Å². The van der Waals surface area contributed by atoms with Gasteiger partial charge in [0.25, 0.3) is 0 Å². The Kier molecular flexibility index (Phi) is 6.12. The molecule has 0 bridgehead atoms. The molecule has 0 aromatic heterocycles. The molecule has 4 nitrogen and oxygen atoms in total. The van der Waals surface area contributed by atoms with Crippen LogP contribution in [0.25, 0.3) is 0 Å². The van der Waals surface area contributed by atoms with Crippen molar-refractivity contribution in [2.75, 3.05) is 41.8 Å². The average Bonchev–Trinajstić information content (AvgIpc) is 2.73. The Bertz CT molecular complexity index is 268. The maximum atomic E-state index is 4.72. The minimum absolute atomic E-state index is 0.259. The first-order valence-electron chi connectivity index (χ1n) is 5.87. The molecule has 100 valence electrons. The lowest BCUT2D eigenvalue weighted by atomic mass is 10.2. The minimum atomic E-state index is 0.259. The van der Waals surface area contributed by atoms with Gasteiger partial charge in [-0.15, -0.1) is 0 Å². The Labute approximate surface area is 113 Å². The highest BCUT2D eigenvalue weighted by Gasteiger charge is 2.26. The van der Waals surface area contributed by atoms with E-state index in [0.717, 1.165) is 11.7 Å². The van der Waals surface area contributed by atoms with E-state index < -0.39 is 0 Å². The molecule has 0 saturated carbocycles. The number of rotatable bonds is 5. The van der Waals surface area contributed by atoms with Crippen molar-refractivity contribution >= 4 is 26.8 Å². The molecule has 2 unspecified atom stereocenters. The molecule has 1 aliphatic rings. The first kappa shape index (κ1) is 15.1. The maximum Gasteiger partial charge on any atom is 0.172 e. The molecule has 0 amide bonds. The standard InChI is InChI=1S/C11H24N4S2/c1-9(7-8-13(2)3)15(6)11-12-10(14(4)5)16-17-11/h9,11H,7-8H2,1-6H3. The molecule has 0 spiro atoms. The summed E-state index contributed by atoms with van der Waals surface area (Å²) in [6.45, 7) is 3.40. The van der Waals surface area contributed by atoms with Crippen LogP contribution in [-0.2, 0) is 0 Å².